The molecule has 0 aromatic rings. The van der Waals surface area contributed by atoms with E-state index in [2.05, 4.69) is 32.6 Å². The summed E-state index contributed by atoms with van der Waals surface area (Å²) in [5, 5.41) is 0. The summed E-state index contributed by atoms with van der Waals surface area (Å²) in [7, 11) is 2.74. The lowest BCUT2D eigenvalue weighted by atomic mass is 10.1. The highest BCUT2D eigenvalue weighted by Crippen LogP contribution is 2.14. The number of barbiturate groups is 1. The maximum Gasteiger partial charge on any atom is 0.333 e. The molecule has 1 rings (SSSR count). The molecule has 0 bridgehead atoms. The van der Waals surface area contributed by atoms with Crippen LogP contribution in [0.2, 0.25) is 0 Å². The fourth-order valence-corrected chi connectivity index (χ4v) is 2.39. The van der Waals surface area contributed by atoms with Crippen LogP contribution < -0.4 is 0 Å². The van der Waals surface area contributed by atoms with Crippen LogP contribution in [0.25, 0.3) is 0 Å². The highest BCUT2D eigenvalue weighted by atomic mass is 16.2. The molecule has 0 atom stereocenters. The molecule has 1 fully saturated rings. The van der Waals surface area contributed by atoms with Crippen molar-refractivity contribution in [3.63, 3.8) is 0 Å². The molecule has 0 spiro atoms. The second-order valence-electron chi connectivity index (χ2n) is 6.67. The molecule has 1 saturated heterocycles. The number of carbonyl (C=O) groups is 3. The molecule has 128 valence electrons. The number of hydrogen-bond donors (Lipinski definition) is 0. The standard InChI is InChI=1S/C17H27N3O3/c1-12(2)10-20(11-13(3)4)9-7-8-14-15(21)18(5)17(23)19(6)16(14)22/h7-9,12-13H,10-11H2,1-6H3/b9-7+. The predicted octanol–water partition coefficient (Wildman–Crippen LogP) is 2.09. The van der Waals surface area contributed by atoms with E-state index in [4.69, 9.17) is 0 Å². The first kappa shape index (κ1) is 18.9. The predicted molar refractivity (Wildman–Crippen MR) is 89.4 cm³/mol. The van der Waals surface area contributed by atoms with E-state index in [1.54, 1.807) is 6.08 Å². The lowest BCUT2D eigenvalue weighted by Gasteiger charge is -2.28. The quantitative estimate of drug-likeness (QED) is 0.555. The van der Waals surface area contributed by atoms with E-state index in [9.17, 15) is 14.4 Å². The number of allylic oxidation sites excluding steroid dienone is 2. The number of urea groups is 1. The Balaban J connectivity index is 2.92. The number of rotatable bonds is 6. The Bertz CT molecular complexity index is 499. The fraction of sp³-hybridized carbons (Fsp3) is 0.588. The maximum absolute atomic E-state index is 12.1. The van der Waals surface area contributed by atoms with Crippen LogP contribution in [-0.4, -0.2) is 59.7 Å². The van der Waals surface area contributed by atoms with Crippen molar-refractivity contribution < 1.29 is 14.4 Å². The number of amides is 4. The van der Waals surface area contributed by atoms with Crippen molar-refractivity contribution in [3.05, 3.63) is 23.9 Å². The highest BCUT2D eigenvalue weighted by Gasteiger charge is 2.37. The van der Waals surface area contributed by atoms with Gasteiger partial charge in [-0.05, 0) is 30.2 Å². The molecule has 0 N–H and O–H groups in total. The zero-order valence-corrected chi connectivity index (χ0v) is 14.9. The summed E-state index contributed by atoms with van der Waals surface area (Å²) in [4.78, 5) is 39.9. The number of likely N-dealkylation sites (N-methyl/N-ethyl adjacent to an activating group) is 2. The van der Waals surface area contributed by atoms with Crippen LogP contribution in [0.1, 0.15) is 27.7 Å². The van der Waals surface area contributed by atoms with Crippen LogP contribution >= 0.6 is 0 Å². The molecule has 1 aliphatic heterocycles. The van der Waals surface area contributed by atoms with E-state index >= 15 is 0 Å². The van der Waals surface area contributed by atoms with Gasteiger partial charge in [-0.15, -0.1) is 0 Å². The molecule has 0 aromatic heterocycles. The minimum Gasteiger partial charge on any atom is -0.377 e. The second kappa shape index (κ2) is 7.94. The molecule has 0 unspecified atom stereocenters. The van der Waals surface area contributed by atoms with Crippen LogP contribution in [0.15, 0.2) is 23.9 Å². The summed E-state index contributed by atoms with van der Waals surface area (Å²) < 4.78 is 0. The van der Waals surface area contributed by atoms with Gasteiger partial charge in [-0.1, -0.05) is 27.7 Å². The van der Waals surface area contributed by atoms with Crippen molar-refractivity contribution in [2.45, 2.75) is 27.7 Å². The van der Waals surface area contributed by atoms with Gasteiger partial charge in [-0.3, -0.25) is 19.4 Å². The van der Waals surface area contributed by atoms with Gasteiger partial charge in [0.25, 0.3) is 11.8 Å². The van der Waals surface area contributed by atoms with Gasteiger partial charge in [-0.2, -0.15) is 0 Å². The average molecular weight is 321 g/mol. The Labute approximate surface area is 138 Å². The fourth-order valence-electron chi connectivity index (χ4n) is 2.39. The third-order valence-corrected chi connectivity index (χ3v) is 3.40. The maximum atomic E-state index is 12.1. The average Bonchev–Trinajstić information content (AvgIpc) is 2.45. The van der Waals surface area contributed by atoms with Crippen molar-refractivity contribution in [1.29, 1.82) is 0 Å². The first-order valence-corrected chi connectivity index (χ1v) is 7.87. The SMILES string of the molecule is CC(C)CN(/C=C/C=C1C(=O)N(C)C(=O)N(C)C1=O)CC(C)C. The third kappa shape index (κ3) is 4.94. The molecular weight excluding hydrogens is 294 g/mol. The normalized spacial score (nSPS) is 16.3. The Morgan fingerprint density at radius 2 is 1.35 bits per heavy atom. The summed E-state index contributed by atoms with van der Waals surface area (Å²) in [6.45, 7) is 10.4. The summed E-state index contributed by atoms with van der Waals surface area (Å²) in [5.41, 5.74) is -0.0000983. The Morgan fingerprint density at radius 1 is 0.913 bits per heavy atom. The van der Waals surface area contributed by atoms with E-state index in [0.29, 0.717) is 11.8 Å². The Hall–Kier alpha value is -2.11. The summed E-state index contributed by atoms with van der Waals surface area (Å²) in [6.07, 6.45) is 5.08. The number of carbonyl (C=O) groups excluding carboxylic acids is 3. The monoisotopic (exact) mass is 321 g/mol. The summed E-state index contributed by atoms with van der Waals surface area (Å²) in [6, 6.07) is -0.609. The highest BCUT2D eigenvalue weighted by molar-refractivity contribution is 6.28. The third-order valence-electron chi connectivity index (χ3n) is 3.40. The zero-order chi connectivity index (χ0) is 17.7. The molecule has 23 heavy (non-hydrogen) atoms. The van der Waals surface area contributed by atoms with Gasteiger partial charge < -0.3 is 4.90 Å². The number of hydrogen-bond acceptors (Lipinski definition) is 4. The number of nitrogens with zero attached hydrogens (tertiary/aromatic N) is 3. The molecule has 1 aliphatic rings. The van der Waals surface area contributed by atoms with Gasteiger partial charge in [0.2, 0.25) is 0 Å². The van der Waals surface area contributed by atoms with E-state index in [0.717, 1.165) is 22.9 Å². The minimum atomic E-state index is -0.609. The van der Waals surface area contributed by atoms with Crippen LogP contribution in [0, 0.1) is 11.8 Å². The molecule has 0 aliphatic carbocycles. The van der Waals surface area contributed by atoms with E-state index in [1.807, 2.05) is 6.20 Å². The summed E-state index contributed by atoms with van der Waals surface area (Å²) >= 11 is 0. The van der Waals surface area contributed by atoms with E-state index < -0.39 is 17.8 Å². The minimum absolute atomic E-state index is 0.0000983. The molecule has 1 heterocycles. The molecular formula is C17H27N3O3. The van der Waals surface area contributed by atoms with Crippen LogP contribution in [0.5, 0.6) is 0 Å². The van der Waals surface area contributed by atoms with Gasteiger partial charge >= 0.3 is 6.03 Å². The lowest BCUT2D eigenvalue weighted by Crippen LogP contribution is -2.53. The second-order valence-corrected chi connectivity index (χ2v) is 6.67. The largest absolute Gasteiger partial charge is 0.377 e. The van der Waals surface area contributed by atoms with Crippen molar-refractivity contribution in [1.82, 2.24) is 14.7 Å². The molecule has 6 nitrogen and oxygen atoms in total. The molecule has 0 aromatic carbocycles. The van der Waals surface area contributed by atoms with Gasteiger partial charge in [0, 0.05) is 27.2 Å². The van der Waals surface area contributed by atoms with Gasteiger partial charge in [0.1, 0.15) is 5.57 Å². The molecule has 4 amide bonds. The molecule has 0 radical (unpaired) electrons. The van der Waals surface area contributed by atoms with Crippen molar-refractivity contribution >= 4 is 17.8 Å². The summed E-state index contributed by atoms with van der Waals surface area (Å²) in [5.74, 6) is -0.109. The Morgan fingerprint density at radius 3 is 1.74 bits per heavy atom. The van der Waals surface area contributed by atoms with Gasteiger partial charge in [0.15, 0.2) is 0 Å². The van der Waals surface area contributed by atoms with E-state index in [1.165, 1.54) is 20.2 Å². The van der Waals surface area contributed by atoms with Crippen molar-refractivity contribution in [2.75, 3.05) is 27.2 Å². The topological polar surface area (TPSA) is 60.9 Å². The van der Waals surface area contributed by atoms with Crippen LogP contribution in [0.3, 0.4) is 0 Å². The Kier molecular flexibility index (Phi) is 6.54. The van der Waals surface area contributed by atoms with Crippen LogP contribution in [0.4, 0.5) is 4.79 Å². The van der Waals surface area contributed by atoms with Crippen molar-refractivity contribution in [2.24, 2.45) is 11.8 Å². The smallest absolute Gasteiger partial charge is 0.333 e. The zero-order valence-electron chi connectivity index (χ0n) is 14.9. The number of imide groups is 2. The van der Waals surface area contributed by atoms with Gasteiger partial charge in [-0.25, -0.2) is 4.79 Å². The first-order valence-electron chi connectivity index (χ1n) is 7.87. The van der Waals surface area contributed by atoms with Crippen molar-refractivity contribution in [3.8, 4) is 0 Å². The van der Waals surface area contributed by atoms with E-state index in [-0.39, 0.29) is 5.57 Å². The lowest BCUT2D eigenvalue weighted by molar-refractivity contribution is -0.134. The van der Waals surface area contributed by atoms with Crippen LogP contribution in [-0.2, 0) is 9.59 Å². The molecule has 0 saturated carbocycles. The molecule has 6 heteroatoms. The van der Waals surface area contributed by atoms with Gasteiger partial charge in [0.05, 0.1) is 0 Å². The first-order chi connectivity index (χ1) is 10.6.